The van der Waals surface area contributed by atoms with E-state index in [-0.39, 0.29) is 17.8 Å². The zero-order valence-electron chi connectivity index (χ0n) is 15.6. The molecular formula is C19H21ClF3N5O. The van der Waals surface area contributed by atoms with E-state index in [1.165, 1.54) is 0 Å². The number of benzene rings is 1. The molecule has 6 nitrogen and oxygen atoms in total. The highest BCUT2D eigenvalue weighted by atomic mass is 35.5. The third kappa shape index (κ3) is 4.73. The number of carbonyl (C=O) groups is 1. The molecule has 156 valence electrons. The van der Waals surface area contributed by atoms with Gasteiger partial charge in [0.05, 0.1) is 5.56 Å². The van der Waals surface area contributed by atoms with Crippen molar-refractivity contribution in [2.45, 2.75) is 37.3 Å². The SMILES string of the molecule is CNC1CCCC(F)(F)[C@H]1Nc1nc(Nc2cccc(Cl)c2)c(C(N)=O)cc1F. The highest BCUT2D eigenvalue weighted by Crippen LogP contribution is 2.36. The van der Waals surface area contributed by atoms with Crippen molar-refractivity contribution in [2.24, 2.45) is 5.73 Å². The highest BCUT2D eigenvalue weighted by molar-refractivity contribution is 6.30. The second-order valence-corrected chi connectivity index (χ2v) is 7.32. The molecule has 10 heteroatoms. The van der Waals surface area contributed by atoms with Crippen LogP contribution in [0.2, 0.25) is 5.02 Å². The van der Waals surface area contributed by atoms with Gasteiger partial charge in [-0.1, -0.05) is 17.7 Å². The van der Waals surface area contributed by atoms with Crippen molar-refractivity contribution in [1.29, 1.82) is 0 Å². The van der Waals surface area contributed by atoms with Crippen molar-refractivity contribution in [3.8, 4) is 0 Å². The molecule has 0 aliphatic heterocycles. The molecule has 0 saturated heterocycles. The molecule has 5 N–H and O–H groups in total. The lowest BCUT2D eigenvalue weighted by Gasteiger charge is -2.38. The number of rotatable bonds is 6. The van der Waals surface area contributed by atoms with Crippen LogP contribution in [-0.4, -0.2) is 35.9 Å². The number of nitrogens with zero attached hydrogens (tertiary/aromatic N) is 1. The molecule has 1 saturated carbocycles. The molecule has 2 aromatic rings. The first-order valence-electron chi connectivity index (χ1n) is 9.06. The number of likely N-dealkylation sites (N-methyl/N-ethyl adjacent to an activating group) is 1. The van der Waals surface area contributed by atoms with Gasteiger partial charge in [-0.3, -0.25) is 4.79 Å². The van der Waals surface area contributed by atoms with Crippen molar-refractivity contribution in [3.63, 3.8) is 0 Å². The summed E-state index contributed by atoms with van der Waals surface area (Å²) in [4.78, 5) is 15.8. The van der Waals surface area contributed by atoms with E-state index in [1.807, 2.05) is 0 Å². The summed E-state index contributed by atoms with van der Waals surface area (Å²) < 4.78 is 43.5. The van der Waals surface area contributed by atoms with E-state index in [9.17, 15) is 18.0 Å². The van der Waals surface area contributed by atoms with Crippen LogP contribution in [-0.2, 0) is 0 Å². The minimum atomic E-state index is -3.05. The van der Waals surface area contributed by atoms with Gasteiger partial charge >= 0.3 is 0 Å². The monoisotopic (exact) mass is 427 g/mol. The Morgan fingerprint density at radius 1 is 1.31 bits per heavy atom. The van der Waals surface area contributed by atoms with Gasteiger partial charge in [-0.15, -0.1) is 0 Å². The molecule has 1 amide bonds. The van der Waals surface area contributed by atoms with Crippen molar-refractivity contribution in [1.82, 2.24) is 10.3 Å². The summed E-state index contributed by atoms with van der Waals surface area (Å²) in [5, 5.41) is 8.63. The number of hydrogen-bond donors (Lipinski definition) is 4. The number of primary amides is 1. The Bertz CT molecular complexity index is 911. The molecule has 0 bridgehead atoms. The van der Waals surface area contributed by atoms with Gasteiger partial charge in [-0.05, 0) is 44.2 Å². The number of amides is 1. The van der Waals surface area contributed by atoms with Crippen LogP contribution in [0.4, 0.5) is 30.5 Å². The quantitative estimate of drug-likeness (QED) is 0.561. The van der Waals surface area contributed by atoms with Crippen LogP contribution in [0, 0.1) is 5.82 Å². The Hall–Kier alpha value is -2.52. The Labute approximate surface area is 171 Å². The maximum Gasteiger partial charge on any atom is 0.269 e. The van der Waals surface area contributed by atoms with E-state index in [1.54, 1.807) is 31.3 Å². The van der Waals surface area contributed by atoms with Crippen molar-refractivity contribution in [3.05, 3.63) is 46.7 Å². The summed E-state index contributed by atoms with van der Waals surface area (Å²) in [5.74, 6) is -5.38. The molecule has 0 radical (unpaired) electrons. The van der Waals surface area contributed by atoms with E-state index in [2.05, 4.69) is 20.9 Å². The first-order chi connectivity index (χ1) is 13.7. The number of aromatic nitrogens is 1. The summed E-state index contributed by atoms with van der Waals surface area (Å²) in [6.45, 7) is 0. The minimum absolute atomic E-state index is 0.0659. The molecule has 1 aliphatic carbocycles. The molecular weight excluding hydrogens is 407 g/mol. The predicted octanol–water partition coefficient (Wildman–Crippen LogP) is 3.90. The zero-order valence-corrected chi connectivity index (χ0v) is 16.4. The van der Waals surface area contributed by atoms with Gasteiger partial charge in [0.2, 0.25) is 0 Å². The number of pyridine rings is 1. The molecule has 1 heterocycles. The summed E-state index contributed by atoms with van der Waals surface area (Å²) in [7, 11) is 1.58. The molecule has 1 unspecified atom stereocenters. The average Bonchev–Trinajstić information content (AvgIpc) is 2.65. The van der Waals surface area contributed by atoms with Gasteiger partial charge in [0.1, 0.15) is 11.9 Å². The van der Waals surface area contributed by atoms with Crippen LogP contribution in [0.3, 0.4) is 0 Å². The third-order valence-electron chi connectivity index (χ3n) is 4.87. The Kier molecular flexibility index (Phi) is 6.18. The normalized spacial score (nSPS) is 20.9. The molecule has 2 atom stereocenters. The van der Waals surface area contributed by atoms with Gasteiger partial charge in [0.25, 0.3) is 11.8 Å². The molecule has 1 aromatic carbocycles. The molecule has 1 aromatic heterocycles. The first-order valence-corrected chi connectivity index (χ1v) is 9.43. The minimum Gasteiger partial charge on any atom is -0.365 e. The summed E-state index contributed by atoms with van der Waals surface area (Å²) in [6.07, 6.45) is 0.560. The van der Waals surface area contributed by atoms with Crippen molar-refractivity contribution in [2.75, 3.05) is 17.7 Å². The van der Waals surface area contributed by atoms with Gasteiger partial charge < -0.3 is 21.7 Å². The van der Waals surface area contributed by atoms with Crippen LogP contribution in [0.1, 0.15) is 29.6 Å². The number of nitrogens with two attached hydrogens (primary N) is 1. The Morgan fingerprint density at radius 3 is 2.72 bits per heavy atom. The topological polar surface area (TPSA) is 92.1 Å². The number of carbonyl (C=O) groups excluding carboxylic acids is 1. The van der Waals surface area contributed by atoms with Gasteiger partial charge in [-0.25, -0.2) is 18.2 Å². The first kappa shape index (κ1) is 21.2. The van der Waals surface area contributed by atoms with E-state index in [0.717, 1.165) is 6.07 Å². The highest BCUT2D eigenvalue weighted by Gasteiger charge is 2.47. The van der Waals surface area contributed by atoms with E-state index < -0.39 is 35.5 Å². The second kappa shape index (κ2) is 8.46. The number of halogens is 4. The molecule has 1 fully saturated rings. The maximum atomic E-state index is 14.6. The lowest BCUT2D eigenvalue weighted by molar-refractivity contribution is -0.0550. The van der Waals surface area contributed by atoms with Gasteiger partial charge in [0.15, 0.2) is 11.6 Å². The fraction of sp³-hybridized carbons (Fsp3) is 0.368. The lowest BCUT2D eigenvalue weighted by atomic mass is 9.87. The number of nitrogens with one attached hydrogen (secondary N) is 3. The van der Waals surface area contributed by atoms with Crippen LogP contribution >= 0.6 is 11.6 Å². The zero-order chi connectivity index (χ0) is 21.2. The van der Waals surface area contributed by atoms with Crippen LogP contribution in [0.25, 0.3) is 0 Å². The molecule has 3 rings (SSSR count). The third-order valence-corrected chi connectivity index (χ3v) is 5.11. The fourth-order valence-corrected chi connectivity index (χ4v) is 3.61. The summed E-state index contributed by atoms with van der Waals surface area (Å²) in [6, 6.07) is 5.48. The van der Waals surface area contributed by atoms with Gasteiger partial charge in [0, 0.05) is 23.2 Å². The Morgan fingerprint density at radius 2 is 2.07 bits per heavy atom. The van der Waals surface area contributed by atoms with E-state index in [4.69, 9.17) is 17.3 Å². The smallest absolute Gasteiger partial charge is 0.269 e. The van der Waals surface area contributed by atoms with E-state index in [0.29, 0.717) is 23.6 Å². The standard InChI is InChI=1S/C19H21ClF3N5O/c1-25-14-6-3-7-19(22,23)15(14)27-18-13(21)9-12(16(24)29)17(28-18)26-11-5-2-4-10(20)8-11/h2,4-5,8-9,14-15,25H,3,6-7H2,1H3,(H2,24,29)(H2,26,27,28)/t14?,15-/m0/s1. The second-order valence-electron chi connectivity index (χ2n) is 6.89. The number of hydrogen-bond acceptors (Lipinski definition) is 5. The predicted molar refractivity (Wildman–Crippen MR) is 107 cm³/mol. The van der Waals surface area contributed by atoms with Crippen LogP contribution < -0.4 is 21.7 Å². The lowest BCUT2D eigenvalue weighted by Crippen LogP contribution is -2.56. The molecule has 29 heavy (non-hydrogen) atoms. The molecule has 1 aliphatic rings. The fourth-order valence-electron chi connectivity index (χ4n) is 3.41. The maximum absolute atomic E-state index is 14.6. The average molecular weight is 428 g/mol. The van der Waals surface area contributed by atoms with E-state index >= 15 is 0 Å². The summed E-state index contributed by atoms with van der Waals surface area (Å²) in [5.41, 5.74) is 5.58. The van der Waals surface area contributed by atoms with Crippen molar-refractivity contribution >= 4 is 34.8 Å². The number of anilines is 3. The van der Waals surface area contributed by atoms with Crippen LogP contribution in [0.15, 0.2) is 30.3 Å². The van der Waals surface area contributed by atoms with Gasteiger partial charge in [-0.2, -0.15) is 0 Å². The van der Waals surface area contributed by atoms with Crippen molar-refractivity contribution < 1.29 is 18.0 Å². The Balaban J connectivity index is 1.97. The largest absolute Gasteiger partial charge is 0.365 e. The van der Waals surface area contributed by atoms with Crippen LogP contribution in [0.5, 0.6) is 0 Å². The molecule has 0 spiro atoms. The number of alkyl halides is 2. The summed E-state index contributed by atoms with van der Waals surface area (Å²) >= 11 is 5.95.